The van der Waals surface area contributed by atoms with Gasteiger partial charge in [0.25, 0.3) is 0 Å². The van der Waals surface area contributed by atoms with Gasteiger partial charge in [0, 0.05) is 25.7 Å². The van der Waals surface area contributed by atoms with E-state index in [0.717, 1.165) is 31.9 Å². The molecule has 1 aromatic heterocycles. The van der Waals surface area contributed by atoms with Crippen molar-refractivity contribution in [3.05, 3.63) is 11.8 Å². The van der Waals surface area contributed by atoms with E-state index in [1.54, 1.807) is 6.92 Å². The number of hydrogen-bond donors (Lipinski definition) is 1. The Kier molecular flexibility index (Phi) is 4.90. The highest BCUT2D eigenvalue weighted by Crippen LogP contribution is 2.33. The number of halogens is 3. The van der Waals surface area contributed by atoms with Gasteiger partial charge in [0.15, 0.2) is 5.69 Å². The summed E-state index contributed by atoms with van der Waals surface area (Å²) in [5, 5.41) is 2.78. The summed E-state index contributed by atoms with van der Waals surface area (Å²) in [4.78, 5) is 9.74. The van der Waals surface area contributed by atoms with Crippen LogP contribution in [0.25, 0.3) is 0 Å². The molecule has 1 aromatic rings. The number of aromatic nitrogens is 2. The van der Waals surface area contributed by atoms with E-state index in [0.29, 0.717) is 24.8 Å². The lowest BCUT2D eigenvalue weighted by Crippen LogP contribution is -2.28. The van der Waals surface area contributed by atoms with E-state index in [9.17, 15) is 13.2 Å². The first-order valence-corrected chi connectivity index (χ1v) is 7.39. The van der Waals surface area contributed by atoms with Crippen molar-refractivity contribution in [1.29, 1.82) is 0 Å². The van der Waals surface area contributed by atoms with Crippen LogP contribution in [0.4, 0.5) is 24.9 Å². The molecule has 0 spiro atoms. The van der Waals surface area contributed by atoms with Crippen LogP contribution in [0.15, 0.2) is 6.07 Å². The number of alkyl halides is 3. The Morgan fingerprint density at radius 1 is 1.29 bits per heavy atom. The second-order valence-corrected chi connectivity index (χ2v) is 5.35. The molecular weight excluding hydrogens is 281 g/mol. The lowest BCUT2D eigenvalue weighted by molar-refractivity contribution is -0.141. The predicted octanol–water partition coefficient (Wildman–Crippen LogP) is 3.55. The van der Waals surface area contributed by atoms with Crippen molar-refractivity contribution in [2.75, 3.05) is 29.9 Å². The van der Waals surface area contributed by atoms with Crippen LogP contribution in [0.5, 0.6) is 0 Å². The summed E-state index contributed by atoms with van der Waals surface area (Å²) in [7, 11) is 0. The minimum atomic E-state index is -4.46. The highest BCUT2D eigenvalue weighted by Gasteiger charge is 2.34. The van der Waals surface area contributed by atoms with Crippen molar-refractivity contribution in [3.63, 3.8) is 0 Å². The molecule has 1 aliphatic rings. The predicted molar refractivity (Wildman–Crippen MR) is 76.4 cm³/mol. The zero-order chi connectivity index (χ0) is 15.5. The van der Waals surface area contributed by atoms with Crippen molar-refractivity contribution in [2.45, 2.75) is 39.3 Å². The minimum Gasteiger partial charge on any atom is -0.356 e. The second-order valence-electron chi connectivity index (χ2n) is 5.35. The zero-order valence-corrected chi connectivity index (χ0v) is 12.4. The molecule has 0 bridgehead atoms. The van der Waals surface area contributed by atoms with E-state index >= 15 is 0 Å². The Labute approximate surface area is 122 Å². The van der Waals surface area contributed by atoms with Crippen molar-refractivity contribution in [3.8, 4) is 0 Å². The van der Waals surface area contributed by atoms with Crippen LogP contribution < -0.4 is 10.2 Å². The maximum atomic E-state index is 13.0. The summed E-state index contributed by atoms with van der Waals surface area (Å²) in [5.41, 5.74) is -0.889. The summed E-state index contributed by atoms with van der Waals surface area (Å²) in [5.74, 6) is 0.990. The first kappa shape index (κ1) is 15.9. The van der Waals surface area contributed by atoms with Gasteiger partial charge < -0.3 is 10.2 Å². The molecule has 0 aliphatic heterocycles. The molecule has 1 saturated carbocycles. The van der Waals surface area contributed by atoms with E-state index < -0.39 is 11.9 Å². The van der Waals surface area contributed by atoms with Crippen LogP contribution in [-0.2, 0) is 6.18 Å². The number of hydrogen-bond acceptors (Lipinski definition) is 4. The Balaban J connectivity index is 2.31. The fourth-order valence-corrected chi connectivity index (χ4v) is 2.16. The van der Waals surface area contributed by atoms with Gasteiger partial charge >= 0.3 is 6.18 Å². The highest BCUT2D eigenvalue weighted by molar-refractivity contribution is 5.45. The van der Waals surface area contributed by atoms with Gasteiger partial charge in [-0.15, -0.1) is 0 Å². The normalized spacial score (nSPS) is 15.1. The molecule has 1 heterocycles. The molecule has 0 aromatic carbocycles. The smallest absolute Gasteiger partial charge is 0.356 e. The number of rotatable bonds is 7. The molecular formula is C14H21F3N4. The monoisotopic (exact) mass is 302 g/mol. The third-order valence-corrected chi connectivity index (χ3v) is 3.33. The van der Waals surface area contributed by atoms with Gasteiger partial charge in [-0.1, -0.05) is 6.92 Å². The molecule has 0 radical (unpaired) electrons. The quantitative estimate of drug-likeness (QED) is 0.836. The van der Waals surface area contributed by atoms with Gasteiger partial charge in [-0.3, -0.25) is 0 Å². The van der Waals surface area contributed by atoms with Crippen molar-refractivity contribution >= 4 is 11.8 Å². The maximum Gasteiger partial charge on any atom is 0.433 e. The molecule has 1 N–H and O–H groups in total. The Morgan fingerprint density at radius 3 is 2.52 bits per heavy atom. The van der Waals surface area contributed by atoms with E-state index in [4.69, 9.17) is 0 Å². The average Bonchev–Trinajstić information content (AvgIpc) is 3.21. The van der Waals surface area contributed by atoms with Gasteiger partial charge in [-0.05, 0) is 32.1 Å². The third-order valence-electron chi connectivity index (χ3n) is 3.33. The van der Waals surface area contributed by atoms with Gasteiger partial charge in [0.1, 0.15) is 5.82 Å². The van der Waals surface area contributed by atoms with Crippen LogP contribution in [0.1, 0.15) is 38.8 Å². The van der Waals surface area contributed by atoms with Crippen molar-refractivity contribution in [1.82, 2.24) is 9.97 Å². The number of nitrogens with zero attached hydrogens (tertiary/aromatic N) is 3. The minimum absolute atomic E-state index is 0.0409. The van der Waals surface area contributed by atoms with E-state index in [1.807, 2.05) is 11.8 Å². The SMILES string of the molecule is CCCN(CC1CC1)c1cc(C(F)(F)F)nc(NCC)n1. The van der Waals surface area contributed by atoms with E-state index in [2.05, 4.69) is 15.3 Å². The van der Waals surface area contributed by atoms with Crippen LogP contribution in [-0.4, -0.2) is 29.6 Å². The molecule has 0 saturated heterocycles. The summed E-state index contributed by atoms with van der Waals surface area (Å²) < 4.78 is 38.9. The van der Waals surface area contributed by atoms with Crippen LogP contribution >= 0.6 is 0 Å². The first-order chi connectivity index (χ1) is 9.94. The lowest BCUT2D eigenvalue weighted by atomic mass is 10.3. The summed E-state index contributed by atoms with van der Waals surface area (Å²) in [6, 6.07) is 1.05. The Bertz CT molecular complexity index is 472. The molecule has 0 atom stereocenters. The fourth-order valence-electron chi connectivity index (χ4n) is 2.16. The molecule has 1 fully saturated rings. The molecule has 21 heavy (non-hydrogen) atoms. The molecule has 0 unspecified atom stereocenters. The summed E-state index contributed by atoms with van der Waals surface area (Å²) in [6.45, 7) is 5.77. The topological polar surface area (TPSA) is 41.1 Å². The second kappa shape index (κ2) is 6.49. The molecule has 4 nitrogen and oxygen atoms in total. The first-order valence-electron chi connectivity index (χ1n) is 7.39. The molecule has 118 valence electrons. The largest absolute Gasteiger partial charge is 0.433 e. The van der Waals surface area contributed by atoms with Gasteiger partial charge in [0.05, 0.1) is 0 Å². The average molecular weight is 302 g/mol. The molecule has 0 amide bonds. The third kappa shape index (κ3) is 4.47. The Hall–Kier alpha value is -1.53. The van der Waals surface area contributed by atoms with Gasteiger partial charge in [-0.2, -0.15) is 18.2 Å². The van der Waals surface area contributed by atoms with Crippen LogP contribution in [0.3, 0.4) is 0 Å². The number of nitrogens with one attached hydrogen (secondary N) is 1. The number of anilines is 2. The molecule has 7 heteroatoms. The standard InChI is InChI=1S/C14H21F3N4/c1-3-7-21(9-10-5-6-10)12-8-11(14(15,16)17)19-13(20-12)18-4-2/h8,10H,3-7,9H2,1-2H3,(H,18,19,20). The zero-order valence-electron chi connectivity index (χ0n) is 12.4. The summed E-state index contributed by atoms with van der Waals surface area (Å²) >= 11 is 0. The summed E-state index contributed by atoms with van der Waals surface area (Å²) in [6.07, 6.45) is -1.29. The van der Waals surface area contributed by atoms with Crippen LogP contribution in [0.2, 0.25) is 0 Å². The van der Waals surface area contributed by atoms with Gasteiger partial charge in [-0.25, -0.2) is 4.98 Å². The molecule has 2 rings (SSSR count). The molecule has 1 aliphatic carbocycles. The maximum absolute atomic E-state index is 13.0. The lowest BCUT2D eigenvalue weighted by Gasteiger charge is -2.24. The van der Waals surface area contributed by atoms with Crippen molar-refractivity contribution < 1.29 is 13.2 Å². The highest BCUT2D eigenvalue weighted by atomic mass is 19.4. The van der Waals surface area contributed by atoms with Crippen LogP contribution in [0, 0.1) is 5.92 Å². The van der Waals surface area contributed by atoms with Crippen molar-refractivity contribution in [2.24, 2.45) is 5.92 Å². The van der Waals surface area contributed by atoms with E-state index in [1.165, 1.54) is 0 Å². The van der Waals surface area contributed by atoms with Gasteiger partial charge in [0.2, 0.25) is 5.95 Å². The Morgan fingerprint density at radius 2 is 2.00 bits per heavy atom. The fraction of sp³-hybridized carbons (Fsp3) is 0.714. The van der Waals surface area contributed by atoms with E-state index in [-0.39, 0.29) is 5.95 Å².